The molecule has 0 spiro atoms. The van der Waals surface area contributed by atoms with E-state index in [0.29, 0.717) is 0 Å². The molecule has 1 aromatic heterocycles. The van der Waals surface area contributed by atoms with Crippen molar-refractivity contribution in [3.05, 3.63) is 102 Å². The predicted molar refractivity (Wildman–Crippen MR) is 93.8 cm³/mol. The van der Waals surface area contributed by atoms with Gasteiger partial charge in [-0.1, -0.05) is 48.5 Å². The molecule has 4 aromatic rings. The van der Waals surface area contributed by atoms with Crippen LogP contribution in [0.2, 0.25) is 0 Å². The summed E-state index contributed by atoms with van der Waals surface area (Å²) in [6.07, 6.45) is 1.96. The van der Waals surface area contributed by atoms with Crippen LogP contribution < -0.4 is 0 Å². The van der Waals surface area contributed by atoms with Gasteiger partial charge in [0.25, 0.3) is 0 Å². The smallest absolute Gasteiger partial charge is 0.123 e. The Kier molecular flexibility index (Phi) is 3.54. The van der Waals surface area contributed by atoms with Crippen LogP contribution in [0.1, 0.15) is 22.6 Å². The molecule has 1 atom stereocenters. The van der Waals surface area contributed by atoms with Crippen LogP contribution in [0, 0.1) is 5.82 Å². The lowest BCUT2D eigenvalue weighted by atomic mass is 9.84. The maximum Gasteiger partial charge on any atom is 0.123 e. The summed E-state index contributed by atoms with van der Waals surface area (Å²) in [6, 6.07) is 21.8. The monoisotopic (exact) mass is 317 g/mol. The summed E-state index contributed by atoms with van der Waals surface area (Å²) in [7, 11) is 0. The highest BCUT2D eigenvalue weighted by Crippen LogP contribution is 2.39. The van der Waals surface area contributed by atoms with Crippen LogP contribution in [-0.2, 0) is 0 Å². The lowest BCUT2D eigenvalue weighted by Crippen LogP contribution is -2.03. The summed E-state index contributed by atoms with van der Waals surface area (Å²) >= 11 is 0. The van der Waals surface area contributed by atoms with E-state index in [0.717, 1.165) is 27.6 Å². The van der Waals surface area contributed by atoms with Gasteiger partial charge in [-0.25, -0.2) is 4.39 Å². The minimum absolute atomic E-state index is 0.178. The molecule has 1 unspecified atom stereocenters. The number of aromatic nitrogens is 1. The molecule has 0 fully saturated rings. The first-order chi connectivity index (χ1) is 11.7. The first-order valence-corrected chi connectivity index (χ1v) is 7.83. The third kappa shape index (κ3) is 2.44. The number of phenolic OH excluding ortho intramolecular Hbond substituents is 1. The number of fused-ring (bicyclic) bond motifs is 1. The van der Waals surface area contributed by atoms with E-state index >= 15 is 0 Å². The largest absolute Gasteiger partial charge is 0.508 e. The van der Waals surface area contributed by atoms with Crippen LogP contribution in [0.3, 0.4) is 0 Å². The summed E-state index contributed by atoms with van der Waals surface area (Å²) in [6.45, 7) is 0. The summed E-state index contributed by atoms with van der Waals surface area (Å²) in [5, 5.41) is 11.5. The van der Waals surface area contributed by atoms with Gasteiger partial charge in [-0.3, -0.25) is 0 Å². The van der Waals surface area contributed by atoms with Gasteiger partial charge in [0.2, 0.25) is 0 Å². The van der Waals surface area contributed by atoms with E-state index in [1.165, 1.54) is 12.1 Å². The first-order valence-electron chi connectivity index (χ1n) is 7.83. The van der Waals surface area contributed by atoms with E-state index in [4.69, 9.17) is 0 Å². The highest BCUT2D eigenvalue weighted by atomic mass is 19.1. The van der Waals surface area contributed by atoms with Gasteiger partial charge < -0.3 is 10.1 Å². The van der Waals surface area contributed by atoms with E-state index in [9.17, 15) is 9.50 Å². The van der Waals surface area contributed by atoms with Gasteiger partial charge in [0.15, 0.2) is 0 Å². The average molecular weight is 317 g/mol. The van der Waals surface area contributed by atoms with Crippen molar-refractivity contribution in [3.8, 4) is 5.75 Å². The molecule has 0 bridgehead atoms. The fourth-order valence-electron chi connectivity index (χ4n) is 3.25. The Morgan fingerprint density at radius 1 is 0.792 bits per heavy atom. The number of aromatic hydroxyl groups is 1. The van der Waals surface area contributed by atoms with Gasteiger partial charge >= 0.3 is 0 Å². The number of nitrogens with one attached hydrogen (secondary N) is 1. The zero-order valence-electron chi connectivity index (χ0n) is 12.9. The molecule has 0 saturated heterocycles. The summed E-state index contributed by atoms with van der Waals surface area (Å²) < 4.78 is 13.4. The van der Waals surface area contributed by atoms with Crippen molar-refractivity contribution in [1.82, 2.24) is 4.98 Å². The number of halogens is 1. The van der Waals surface area contributed by atoms with Crippen molar-refractivity contribution >= 4 is 10.9 Å². The molecule has 1 heterocycles. The lowest BCUT2D eigenvalue weighted by Gasteiger charge is -2.19. The number of benzene rings is 3. The highest BCUT2D eigenvalue weighted by Gasteiger charge is 2.22. The van der Waals surface area contributed by atoms with Gasteiger partial charge in [-0.15, -0.1) is 0 Å². The molecule has 0 amide bonds. The normalized spacial score (nSPS) is 12.4. The summed E-state index contributed by atoms with van der Waals surface area (Å²) in [5.74, 6) is -0.214. The number of hydrogen-bond donors (Lipinski definition) is 2. The van der Waals surface area contributed by atoms with Crippen molar-refractivity contribution in [3.63, 3.8) is 0 Å². The SMILES string of the molecule is Oc1ccccc1C(c1ccc(F)cc1)c1c[nH]c2ccccc12. The van der Waals surface area contributed by atoms with Crippen LogP contribution in [0.5, 0.6) is 5.75 Å². The average Bonchev–Trinajstić information content (AvgIpc) is 3.02. The number of aromatic amines is 1. The minimum Gasteiger partial charge on any atom is -0.508 e. The second kappa shape index (κ2) is 5.85. The Hall–Kier alpha value is -3.07. The van der Waals surface area contributed by atoms with Gasteiger partial charge in [0.05, 0.1) is 0 Å². The molecule has 2 nitrogen and oxygen atoms in total. The van der Waals surface area contributed by atoms with Gasteiger partial charge in [-0.2, -0.15) is 0 Å². The molecular formula is C21H16FNO. The summed E-state index contributed by atoms with van der Waals surface area (Å²) in [4.78, 5) is 3.28. The Morgan fingerprint density at radius 2 is 1.50 bits per heavy atom. The Labute approximate surface area is 139 Å². The third-order valence-corrected chi connectivity index (χ3v) is 4.38. The van der Waals surface area contributed by atoms with Crippen molar-refractivity contribution < 1.29 is 9.50 Å². The molecule has 24 heavy (non-hydrogen) atoms. The van der Waals surface area contributed by atoms with Crippen LogP contribution in [0.25, 0.3) is 10.9 Å². The third-order valence-electron chi connectivity index (χ3n) is 4.38. The number of phenols is 1. The van der Waals surface area contributed by atoms with Crippen molar-refractivity contribution in [2.75, 3.05) is 0 Å². The van der Waals surface area contributed by atoms with E-state index in [-0.39, 0.29) is 17.5 Å². The molecule has 0 aliphatic rings. The zero-order valence-corrected chi connectivity index (χ0v) is 12.9. The molecule has 0 saturated carbocycles. The Bertz CT molecular complexity index is 988. The maximum atomic E-state index is 13.4. The molecule has 3 heteroatoms. The van der Waals surface area contributed by atoms with Crippen molar-refractivity contribution in [2.45, 2.75) is 5.92 Å². The first kappa shape index (κ1) is 14.5. The lowest BCUT2D eigenvalue weighted by molar-refractivity contribution is 0.467. The molecular weight excluding hydrogens is 301 g/mol. The molecule has 3 aromatic carbocycles. The second-order valence-corrected chi connectivity index (χ2v) is 5.83. The van der Waals surface area contributed by atoms with Crippen LogP contribution >= 0.6 is 0 Å². The minimum atomic E-state index is -0.270. The predicted octanol–water partition coefficient (Wildman–Crippen LogP) is 5.19. The zero-order chi connectivity index (χ0) is 16.5. The van der Waals surface area contributed by atoms with Gasteiger partial charge in [0.1, 0.15) is 11.6 Å². The molecule has 0 aliphatic carbocycles. The topological polar surface area (TPSA) is 36.0 Å². The van der Waals surface area contributed by atoms with E-state index in [1.54, 1.807) is 24.3 Å². The quantitative estimate of drug-likeness (QED) is 0.536. The number of H-pyrrole nitrogens is 1. The van der Waals surface area contributed by atoms with Crippen LogP contribution in [-0.4, -0.2) is 10.1 Å². The van der Waals surface area contributed by atoms with E-state index in [2.05, 4.69) is 11.1 Å². The summed E-state index contributed by atoms with van der Waals surface area (Å²) in [5.41, 5.74) is 3.82. The van der Waals surface area contributed by atoms with Crippen molar-refractivity contribution in [2.24, 2.45) is 0 Å². The standard InChI is InChI=1S/C21H16FNO/c22-15-11-9-14(10-12-15)21(17-6-2-4-8-20(17)24)18-13-23-19-7-3-1-5-16(18)19/h1-13,21,23-24H. The number of rotatable bonds is 3. The number of hydrogen-bond acceptors (Lipinski definition) is 1. The van der Waals surface area contributed by atoms with Gasteiger partial charge in [-0.05, 0) is 35.4 Å². The molecule has 118 valence electrons. The van der Waals surface area contributed by atoms with Gasteiger partial charge in [0, 0.05) is 28.6 Å². The Balaban J connectivity index is 1.97. The molecule has 2 N–H and O–H groups in total. The van der Waals surface area contributed by atoms with E-state index < -0.39 is 0 Å². The van der Waals surface area contributed by atoms with Crippen LogP contribution in [0.15, 0.2) is 79.0 Å². The molecule has 4 rings (SSSR count). The fraction of sp³-hybridized carbons (Fsp3) is 0.0476. The van der Waals surface area contributed by atoms with Crippen molar-refractivity contribution in [1.29, 1.82) is 0 Å². The van der Waals surface area contributed by atoms with E-state index in [1.807, 2.05) is 36.5 Å². The highest BCUT2D eigenvalue weighted by molar-refractivity contribution is 5.85. The molecule has 0 radical (unpaired) electrons. The maximum absolute atomic E-state index is 13.4. The number of para-hydroxylation sites is 2. The Morgan fingerprint density at radius 3 is 2.29 bits per heavy atom. The molecule has 0 aliphatic heterocycles. The van der Waals surface area contributed by atoms with Crippen LogP contribution in [0.4, 0.5) is 4.39 Å². The second-order valence-electron chi connectivity index (χ2n) is 5.83. The fourth-order valence-corrected chi connectivity index (χ4v) is 3.25.